The van der Waals surface area contributed by atoms with Gasteiger partial charge in [-0.2, -0.15) is 8.78 Å². The number of rotatable bonds is 10. The smallest absolute Gasteiger partial charge is 0.387 e. The Balaban J connectivity index is 1.59. The van der Waals surface area contributed by atoms with E-state index < -0.39 is 22.5 Å². The minimum Gasteiger partial charge on any atom is -0.493 e. The van der Waals surface area contributed by atoms with Crippen LogP contribution in [0.2, 0.25) is 0 Å². The zero-order valence-electron chi connectivity index (χ0n) is 18.5. The van der Waals surface area contributed by atoms with E-state index in [2.05, 4.69) is 14.8 Å². The van der Waals surface area contributed by atoms with Crippen LogP contribution < -0.4 is 19.5 Å². The molecule has 180 valence electrons. The summed E-state index contributed by atoms with van der Waals surface area (Å²) in [6, 6.07) is 17.2. The summed E-state index contributed by atoms with van der Waals surface area (Å²) >= 11 is 0. The molecule has 0 radical (unpaired) electrons. The zero-order chi connectivity index (χ0) is 24.7. The van der Waals surface area contributed by atoms with Crippen LogP contribution in [0, 0.1) is 6.92 Å². The summed E-state index contributed by atoms with van der Waals surface area (Å²) < 4.78 is 62.4. The number of benzene rings is 3. The largest absolute Gasteiger partial charge is 0.493 e. The molecule has 0 heterocycles. The maximum atomic E-state index is 12.6. The van der Waals surface area contributed by atoms with E-state index in [1.54, 1.807) is 31.2 Å². The summed E-state index contributed by atoms with van der Waals surface area (Å²) in [5.41, 5.74) is 2.21. The zero-order valence-corrected chi connectivity index (χ0v) is 19.4. The Bertz CT molecular complexity index is 1250. The summed E-state index contributed by atoms with van der Waals surface area (Å²) in [7, 11) is -2.46. The van der Waals surface area contributed by atoms with Crippen LogP contribution >= 0.6 is 0 Å². The fourth-order valence-corrected chi connectivity index (χ4v) is 4.29. The minimum absolute atomic E-state index is 0.0251. The summed E-state index contributed by atoms with van der Waals surface area (Å²) in [6.07, 6.45) is 0.363. The van der Waals surface area contributed by atoms with Crippen LogP contribution in [0.3, 0.4) is 0 Å². The lowest BCUT2D eigenvalue weighted by atomic mass is 10.1. The quantitative estimate of drug-likeness (QED) is 0.440. The van der Waals surface area contributed by atoms with Crippen molar-refractivity contribution >= 4 is 21.6 Å². The van der Waals surface area contributed by atoms with Crippen molar-refractivity contribution in [3.8, 4) is 11.5 Å². The number of amides is 1. The van der Waals surface area contributed by atoms with E-state index in [-0.39, 0.29) is 28.5 Å². The first kappa shape index (κ1) is 25.0. The van der Waals surface area contributed by atoms with Gasteiger partial charge in [0.2, 0.25) is 0 Å². The van der Waals surface area contributed by atoms with Crippen LogP contribution in [0.5, 0.6) is 11.5 Å². The lowest BCUT2D eigenvalue weighted by Crippen LogP contribution is -2.25. The van der Waals surface area contributed by atoms with Gasteiger partial charge in [-0.3, -0.25) is 9.52 Å². The molecule has 0 unspecified atom stereocenters. The Labute approximate surface area is 196 Å². The number of carbonyl (C=O) groups is 1. The van der Waals surface area contributed by atoms with Gasteiger partial charge in [-0.05, 0) is 66.9 Å². The predicted octanol–water partition coefficient (Wildman–Crippen LogP) is 4.38. The van der Waals surface area contributed by atoms with Crippen LogP contribution in [0.15, 0.2) is 71.6 Å². The molecule has 0 bridgehead atoms. The number of alkyl halides is 2. The summed E-state index contributed by atoms with van der Waals surface area (Å²) in [4.78, 5) is 12.4. The molecule has 2 N–H and O–H groups in total. The second-order valence-corrected chi connectivity index (χ2v) is 9.00. The molecular weight excluding hydrogens is 466 g/mol. The Hall–Kier alpha value is -3.66. The first-order chi connectivity index (χ1) is 16.2. The second kappa shape index (κ2) is 11.0. The van der Waals surface area contributed by atoms with E-state index in [9.17, 15) is 22.0 Å². The molecule has 0 aliphatic carbocycles. The summed E-state index contributed by atoms with van der Waals surface area (Å²) in [6.45, 7) is -0.958. The van der Waals surface area contributed by atoms with E-state index in [1.807, 2.05) is 6.07 Å². The fourth-order valence-electron chi connectivity index (χ4n) is 3.16. The molecule has 0 aromatic heterocycles. The molecule has 1 amide bonds. The molecule has 0 saturated heterocycles. The van der Waals surface area contributed by atoms with Crippen molar-refractivity contribution in [2.45, 2.75) is 24.9 Å². The van der Waals surface area contributed by atoms with Gasteiger partial charge in [0.05, 0.1) is 17.7 Å². The number of methoxy groups -OCH3 is 1. The van der Waals surface area contributed by atoms with E-state index in [0.717, 1.165) is 5.56 Å². The van der Waals surface area contributed by atoms with E-state index in [1.165, 1.54) is 43.5 Å². The van der Waals surface area contributed by atoms with Gasteiger partial charge in [0, 0.05) is 12.1 Å². The molecule has 0 spiro atoms. The number of hydrogen-bond donors (Lipinski definition) is 2. The van der Waals surface area contributed by atoms with Crippen molar-refractivity contribution in [3.05, 3.63) is 83.4 Å². The Morgan fingerprint density at radius 3 is 2.35 bits per heavy atom. The number of aryl methyl sites for hydroxylation is 1. The van der Waals surface area contributed by atoms with E-state index >= 15 is 0 Å². The van der Waals surface area contributed by atoms with Crippen LogP contribution in [-0.2, 0) is 16.4 Å². The normalized spacial score (nSPS) is 11.2. The van der Waals surface area contributed by atoms with Crippen molar-refractivity contribution in [2.75, 3.05) is 18.4 Å². The van der Waals surface area contributed by atoms with Gasteiger partial charge in [0.25, 0.3) is 15.9 Å². The number of hydrogen-bond acceptors (Lipinski definition) is 5. The molecule has 3 aromatic carbocycles. The van der Waals surface area contributed by atoms with E-state index in [0.29, 0.717) is 17.7 Å². The average molecular weight is 491 g/mol. The summed E-state index contributed by atoms with van der Waals surface area (Å²) in [5, 5.41) is 2.72. The third kappa shape index (κ3) is 6.44. The minimum atomic E-state index is -3.81. The van der Waals surface area contributed by atoms with Gasteiger partial charge in [0.15, 0.2) is 11.5 Å². The van der Waals surface area contributed by atoms with Crippen molar-refractivity contribution in [3.63, 3.8) is 0 Å². The molecule has 0 saturated carbocycles. The molecular formula is C24H24F2N2O5S. The Kier molecular flexibility index (Phi) is 8.06. The van der Waals surface area contributed by atoms with Gasteiger partial charge in [-0.15, -0.1) is 0 Å². The first-order valence-electron chi connectivity index (χ1n) is 10.3. The van der Waals surface area contributed by atoms with Crippen molar-refractivity contribution in [1.29, 1.82) is 0 Å². The van der Waals surface area contributed by atoms with Gasteiger partial charge in [-0.25, -0.2) is 8.42 Å². The van der Waals surface area contributed by atoms with Crippen LogP contribution in [0.4, 0.5) is 14.5 Å². The number of sulfonamides is 1. The molecule has 7 nitrogen and oxygen atoms in total. The first-order valence-corrected chi connectivity index (χ1v) is 11.8. The average Bonchev–Trinajstić information content (AvgIpc) is 2.80. The van der Waals surface area contributed by atoms with Gasteiger partial charge in [0.1, 0.15) is 0 Å². The number of carbonyl (C=O) groups excluding carboxylic acids is 1. The van der Waals surface area contributed by atoms with Crippen molar-refractivity contribution < 1.29 is 31.5 Å². The highest BCUT2D eigenvalue weighted by atomic mass is 32.2. The third-order valence-corrected chi connectivity index (χ3v) is 6.34. The second-order valence-electron chi connectivity index (χ2n) is 7.31. The molecule has 0 fully saturated rings. The highest BCUT2D eigenvalue weighted by Gasteiger charge is 2.16. The number of anilines is 1. The monoisotopic (exact) mass is 490 g/mol. The lowest BCUT2D eigenvalue weighted by Gasteiger charge is -2.12. The number of ether oxygens (including phenoxy) is 2. The SMILES string of the molecule is COc1ccc(CCNC(=O)c2ccc(S(=O)(=O)Nc3ccccc3C)cc2)cc1OC(F)F. The molecule has 34 heavy (non-hydrogen) atoms. The highest BCUT2D eigenvalue weighted by molar-refractivity contribution is 7.92. The fraction of sp³-hybridized carbons (Fsp3) is 0.208. The molecule has 0 atom stereocenters. The number of nitrogens with one attached hydrogen (secondary N) is 2. The van der Waals surface area contributed by atoms with E-state index in [4.69, 9.17) is 4.74 Å². The van der Waals surface area contributed by atoms with Crippen LogP contribution in [-0.4, -0.2) is 34.6 Å². The number of para-hydroxylation sites is 1. The third-order valence-electron chi connectivity index (χ3n) is 4.96. The standard InChI is InChI=1S/C24H24F2N2O5S/c1-16-5-3-4-6-20(16)28-34(30,31)19-10-8-18(9-11-19)23(29)27-14-13-17-7-12-21(32-2)22(15-17)33-24(25)26/h3-12,15,24,28H,13-14H2,1-2H3,(H,27,29). The van der Waals surface area contributed by atoms with Crippen LogP contribution in [0.25, 0.3) is 0 Å². The Morgan fingerprint density at radius 2 is 1.71 bits per heavy atom. The van der Waals surface area contributed by atoms with Gasteiger partial charge < -0.3 is 14.8 Å². The maximum Gasteiger partial charge on any atom is 0.387 e. The molecule has 0 aliphatic heterocycles. The topological polar surface area (TPSA) is 93.7 Å². The van der Waals surface area contributed by atoms with Gasteiger partial charge >= 0.3 is 6.61 Å². The lowest BCUT2D eigenvalue weighted by molar-refractivity contribution is -0.0512. The molecule has 0 aliphatic rings. The number of halogens is 2. The molecule has 10 heteroatoms. The van der Waals surface area contributed by atoms with Crippen molar-refractivity contribution in [2.24, 2.45) is 0 Å². The van der Waals surface area contributed by atoms with Crippen LogP contribution in [0.1, 0.15) is 21.5 Å². The summed E-state index contributed by atoms with van der Waals surface area (Å²) in [5.74, 6) is -0.300. The van der Waals surface area contributed by atoms with Crippen molar-refractivity contribution in [1.82, 2.24) is 5.32 Å². The Morgan fingerprint density at radius 1 is 1.00 bits per heavy atom. The predicted molar refractivity (Wildman–Crippen MR) is 124 cm³/mol. The maximum absolute atomic E-state index is 12.6. The van der Waals surface area contributed by atoms with Gasteiger partial charge in [-0.1, -0.05) is 24.3 Å². The highest BCUT2D eigenvalue weighted by Crippen LogP contribution is 2.29. The molecule has 3 aromatic rings. The molecule has 3 rings (SSSR count).